The van der Waals surface area contributed by atoms with Crippen molar-refractivity contribution in [2.45, 2.75) is 0 Å². The number of rotatable bonds is 3. The van der Waals surface area contributed by atoms with E-state index in [-0.39, 0.29) is 16.5 Å². The van der Waals surface area contributed by atoms with Gasteiger partial charge in [-0.2, -0.15) is 0 Å². The Labute approximate surface area is 113 Å². The Hall–Kier alpha value is -2.47. The van der Waals surface area contributed by atoms with Crippen molar-refractivity contribution in [3.8, 4) is 0 Å². The Morgan fingerprint density at radius 3 is 2.53 bits per heavy atom. The maximum Gasteiger partial charge on any atom is 0.256 e. The largest absolute Gasteiger partial charge is 0.366 e. The maximum absolute atomic E-state index is 11.9. The van der Waals surface area contributed by atoms with Gasteiger partial charge in [0.05, 0.1) is 12.4 Å². The fourth-order valence-corrected chi connectivity index (χ4v) is 1.48. The van der Waals surface area contributed by atoms with Gasteiger partial charge in [-0.3, -0.25) is 9.59 Å². The molecule has 19 heavy (non-hydrogen) atoms. The highest BCUT2D eigenvalue weighted by molar-refractivity contribution is 6.29. The molecule has 3 N–H and O–H groups in total. The Bertz CT molecular complexity index is 628. The summed E-state index contributed by atoms with van der Waals surface area (Å²) in [6, 6.07) is 6.07. The summed E-state index contributed by atoms with van der Waals surface area (Å²) in [7, 11) is 0. The second-order valence-corrected chi connectivity index (χ2v) is 4.01. The third-order valence-corrected chi connectivity index (χ3v) is 2.47. The fourth-order valence-electron chi connectivity index (χ4n) is 1.38. The number of nitrogens with two attached hydrogens (primary N) is 1. The van der Waals surface area contributed by atoms with Crippen LogP contribution in [0, 0.1) is 0 Å². The van der Waals surface area contributed by atoms with Crippen molar-refractivity contribution < 1.29 is 9.59 Å². The van der Waals surface area contributed by atoms with Crippen molar-refractivity contribution in [1.82, 2.24) is 9.97 Å². The van der Waals surface area contributed by atoms with Crippen LogP contribution in [0.5, 0.6) is 0 Å². The van der Waals surface area contributed by atoms with Crippen LogP contribution >= 0.6 is 11.6 Å². The fraction of sp³-hybridized carbons (Fsp3) is 0. The molecule has 1 aromatic carbocycles. The number of nitrogens with zero attached hydrogens (tertiary/aromatic N) is 2. The molecule has 96 valence electrons. The highest BCUT2D eigenvalue weighted by Gasteiger charge is 2.09. The van der Waals surface area contributed by atoms with E-state index in [0.717, 1.165) is 0 Å². The Kier molecular flexibility index (Phi) is 3.72. The minimum atomic E-state index is -0.596. The van der Waals surface area contributed by atoms with Gasteiger partial charge in [0.2, 0.25) is 5.91 Å². The average Bonchev–Trinajstić information content (AvgIpc) is 2.41. The van der Waals surface area contributed by atoms with E-state index < -0.39 is 11.8 Å². The van der Waals surface area contributed by atoms with E-state index >= 15 is 0 Å². The van der Waals surface area contributed by atoms with Crippen LogP contribution < -0.4 is 11.1 Å². The number of anilines is 1. The zero-order valence-corrected chi connectivity index (χ0v) is 10.4. The molecule has 0 aliphatic rings. The number of primary amides is 1. The maximum atomic E-state index is 11.9. The summed E-state index contributed by atoms with van der Waals surface area (Å²) in [4.78, 5) is 30.6. The zero-order chi connectivity index (χ0) is 13.8. The van der Waals surface area contributed by atoms with Crippen LogP contribution in [0.15, 0.2) is 36.7 Å². The van der Waals surface area contributed by atoms with Crippen molar-refractivity contribution in [2.24, 2.45) is 5.73 Å². The molecule has 0 aliphatic heterocycles. The van der Waals surface area contributed by atoms with Gasteiger partial charge in [0, 0.05) is 11.1 Å². The Morgan fingerprint density at radius 1 is 1.16 bits per heavy atom. The SMILES string of the molecule is NC(=O)c1cccc(C(=O)Nc2cnc(Cl)cn2)c1. The number of halogens is 1. The smallest absolute Gasteiger partial charge is 0.256 e. The van der Waals surface area contributed by atoms with Crippen molar-refractivity contribution in [1.29, 1.82) is 0 Å². The summed E-state index contributed by atoms with van der Waals surface area (Å²) in [5.74, 6) is -0.750. The highest BCUT2D eigenvalue weighted by Crippen LogP contribution is 2.09. The number of nitrogens with one attached hydrogen (secondary N) is 1. The molecule has 7 heteroatoms. The van der Waals surface area contributed by atoms with Crippen LogP contribution in [0.25, 0.3) is 0 Å². The number of benzene rings is 1. The van der Waals surface area contributed by atoms with Crippen LogP contribution in [-0.2, 0) is 0 Å². The summed E-state index contributed by atoms with van der Waals surface area (Å²) < 4.78 is 0. The Balaban J connectivity index is 2.18. The lowest BCUT2D eigenvalue weighted by molar-refractivity contribution is 0.1000. The molecule has 0 fully saturated rings. The summed E-state index contributed by atoms with van der Waals surface area (Å²) in [5.41, 5.74) is 5.70. The molecule has 0 saturated heterocycles. The molecule has 0 saturated carbocycles. The number of amides is 2. The molecule has 2 aromatic rings. The first-order valence-electron chi connectivity index (χ1n) is 5.25. The van der Waals surface area contributed by atoms with Gasteiger partial charge in [0.15, 0.2) is 5.82 Å². The number of carbonyl (C=O) groups excluding carboxylic acids is 2. The summed E-state index contributed by atoms with van der Waals surface area (Å²) in [6.07, 6.45) is 2.65. The molecule has 0 unspecified atom stereocenters. The molecular formula is C12H9ClN4O2. The third kappa shape index (κ3) is 3.26. The standard InChI is InChI=1S/C12H9ClN4O2/c13-9-5-16-10(6-15-9)17-12(19)8-3-1-2-7(4-8)11(14)18/h1-6H,(H2,14,18)(H,16,17,19). The molecule has 0 spiro atoms. The number of hydrogen-bond acceptors (Lipinski definition) is 4. The van der Waals surface area contributed by atoms with Gasteiger partial charge in [-0.25, -0.2) is 9.97 Å². The number of aromatic nitrogens is 2. The van der Waals surface area contributed by atoms with Gasteiger partial charge in [-0.05, 0) is 18.2 Å². The van der Waals surface area contributed by atoms with Crippen molar-refractivity contribution >= 4 is 29.2 Å². The first-order chi connectivity index (χ1) is 9.06. The molecule has 1 aromatic heterocycles. The summed E-state index contributed by atoms with van der Waals surface area (Å²) >= 11 is 5.58. The lowest BCUT2D eigenvalue weighted by atomic mass is 10.1. The molecule has 0 aliphatic carbocycles. The topological polar surface area (TPSA) is 98.0 Å². The lowest BCUT2D eigenvalue weighted by Crippen LogP contribution is -2.16. The van der Waals surface area contributed by atoms with E-state index in [2.05, 4.69) is 15.3 Å². The van der Waals surface area contributed by atoms with Crippen LogP contribution in [0.3, 0.4) is 0 Å². The van der Waals surface area contributed by atoms with E-state index in [4.69, 9.17) is 17.3 Å². The van der Waals surface area contributed by atoms with Crippen molar-refractivity contribution in [3.05, 3.63) is 52.9 Å². The normalized spacial score (nSPS) is 9.95. The monoisotopic (exact) mass is 276 g/mol. The minimum absolute atomic E-state index is 0.230. The number of hydrogen-bond donors (Lipinski definition) is 2. The molecule has 2 rings (SSSR count). The molecule has 6 nitrogen and oxygen atoms in total. The molecule has 0 radical (unpaired) electrons. The van der Waals surface area contributed by atoms with Gasteiger partial charge >= 0.3 is 0 Å². The van der Waals surface area contributed by atoms with Crippen LogP contribution in [0.1, 0.15) is 20.7 Å². The van der Waals surface area contributed by atoms with Gasteiger partial charge in [-0.15, -0.1) is 0 Å². The average molecular weight is 277 g/mol. The number of carbonyl (C=O) groups is 2. The molecule has 0 atom stereocenters. The first-order valence-corrected chi connectivity index (χ1v) is 5.63. The van der Waals surface area contributed by atoms with E-state index in [9.17, 15) is 9.59 Å². The highest BCUT2D eigenvalue weighted by atomic mass is 35.5. The molecular weight excluding hydrogens is 268 g/mol. The van der Waals surface area contributed by atoms with Crippen LogP contribution in [-0.4, -0.2) is 21.8 Å². The minimum Gasteiger partial charge on any atom is -0.366 e. The van der Waals surface area contributed by atoms with E-state index in [1.54, 1.807) is 12.1 Å². The predicted octanol–water partition coefficient (Wildman–Crippen LogP) is 1.48. The second-order valence-electron chi connectivity index (χ2n) is 3.62. The first kappa shape index (κ1) is 13.0. The van der Waals surface area contributed by atoms with Gasteiger partial charge < -0.3 is 11.1 Å². The quantitative estimate of drug-likeness (QED) is 0.887. The van der Waals surface area contributed by atoms with Gasteiger partial charge in [0.25, 0.3) is 5.91 Å². The second kappa shape index (κ2) is 5.45. The predicted molar refractivity (Wildman–Crippen MR) is 70.0 cm³/mol. The molecule has 1 heterocycles. The summed E-state index contributed by atoms with van der Waals surface area (Å²) in [6.45, 7) is 0. The lowest BCUT2D eigenvalue weighted by Gasteiger charge is -2.04. The molecule has 0 bridgehead atoms. The van der Waals surface area contributed by atoms with E-state index in [0.29, 0.717) is 5.56 Å². The van der Waals surface area contributed by atoms with Gasteiger partial charge in [0.1, 0.15) is 5.15 Å². The van der Waals surface area contributed by atoms with E-state index in [1.165, 1.54) is 24.5 Å². The third-order valence-electron chi connectivity index (χ3n) is 2.27. The van der Waals surface area contributed by atoms with Crippen LogP contribution in [0.4, 0.5) is 5.82 Å². The van der Waals surface area contributed by atoms with Crippen molar-refractivity contribution in [2.75, 3.05) is 5.32 Å². The van der Waals surface area contributed by atoms with E-state index in [1.807, 2.05) is 0 Å². The Morgan fingerprint density at radius 2 is 1.89 bits per heavy atom. The zero-order valence-electron chi connectivity index (χ0n) is 9.63. The van der Waals surface area contributed by atoms with Crippen molar-refractivity contribution in [3.63, 3.8) is 0 Å². The summed E-state index contributed by atoms with van der Waals surface area (Å²) in [5, 5.41) is 2.76. The van der Waals surface area contributed by atoms with Gasteiger partial charge in [-0.1, -0.05) is 17.7 Å². The molecule has 2 amide bonds. The van der Waals surface area contributed by atoms with Crippen LogP contribution in [0.2, 0.25) is 5.15 Å².